The van der Waals surface area contributed by atoms with Crippen LogP contribution in [0, 0.1) is 5.41 Å². The maximum atomic E-state index is 5.28. The van der Waals surface area contributed by atoms with E-state index in [-0.39, 0.29) is 10.8 Å². The molecule has 2 aliphatic heterocycles. The van der Waals surface area contributed by atoms with Crippen LogP contribution in [0.2, 0.25) is 0 Å². The van der Waals surface area contributed by atoms with Crippen LogP contribution in [0.4, 0.5) is 5.69 Å². The van der Waals surface area contributed by atoms with Gasteiger partial charge in [-0.3, -0.25) is 0 Å². The highest BCUT2D eigenvalue weighted by atomic mass is 15.4. The fraction of sp³-hybridized carbons (Fsp3) is 0.296. The summed E-state index contributed by atoms with van der Waals surface area (Å²) in [5.74, 6) is 1.18. The average molecular weight is 381 g/mol. The second-order valence-corrected chi connectivity index (χ2v) is 9.39. The molecule has 2 nitrogen and oxygen atoms in total. The summed E-state index contributed by atoms with van der Waals surface area (Å²) in [6.45, 7) is 9.42. The SMILES string of the molecule is C[C@H]1c2ccccc2N=C2N1[C@H](C(C)(C)C)C2(c1ccccc1)c1ccccc1. The topological polar surface area (TPSA) is 15.6 Å². The highest BCUT2D eigenvalue weighted by Crippen LogP contribution is 2.59. The highest BCUT2D eigenvalue weighted by Gasteiger charge is 2.65. The molecule has 0 spiro atoms. The molecule has 0 unspecified atom stereocenters. The molecule has 2 aliphatic rings. The zero-order valence-corrected chi connectivity index (χ0v) is 17.6. The molecule has 0 radical (unpaired) electrons. The van der Waals surface area contributed by atoms with Gasteiger partial charge in [0.15, 0.2) is 0 Å². The van der Waals surface area contributed by atoms with E-state index < -0.39 is 0 Å². The van der Waals surface area contributed by atoms with Crippen molar-refractivity contribution in [1.82, 2.24) is 4.90 Å². The van der Waals surface area contributed by atoms with E-state index in [9.17, 15) is 0 Å². The summed E-state index contributed by atoms with van der Waals surface area (Å²) in [5.41, 5.74) is 4.91. The summed E-state index contributed by atoms with van der Waals surface area (Å²) in [6, 6.07) is 31.1. The number of fused-ring (bicyclic) bond motifs is 2. The number of amidine groups is 1. The van der Waals surface area contributed by atoms with Crippen molar-refractivity contribution in [3.63, 3.8) is 0 Å². The van der Waals surface area contributed by atoms with Crippen molar-refractivity contribution >= 4 is 11.5 Å². The highest BCUT2D eigenvalue weighted by molar-refractivity contribution is 6.06. The molecule has 0 bridgehead atoms. The Labute approximate surface area is 173 Å². The lowest BCUT2D eigenvalue weighted by Crippen LogP contribution is -2.76. The second-order valence-electron chi connectivity index (χ2n) is 9.39. The molecule has 0 aliphatic carbocycles. The lowest BCUT2D eigenvalue weighted by atomic mass is 9.54. The van der Waals surface area contributed by atoms with Crippen LogP contribution in [0.25, 0.3) is 0 Å². The van der Waals surface area contributed by atoms with Gasteiger partial charge in [0.2, 0.25) is 0 Å². The molecule has 3 aromatic rings. The number of hydrogen-bond donors (Lipinski definition) is 0. The molecular formula is C27H28N2. The summed E-state index contributed by atoms with van der Waals surface area (Å²) in [4.78, 5) is 7.85. The summed E-state index contributed by atoms with van der Waals surface area (Å²) < 4.78 is 0. The first kappa shape index (κ1) is 18.2. The van der Waals surface area contributed by atoms with E-state index in [1.54, 1.807) is 0 Å². The average Bonchev–Trinajstić information content (AvgIpc) is 2.71. The van der Waals surface area contributed by atoms with Gasteiger partial charge in [-0.25, -0.2) is 4.99 Å². The van der Waals surface area contributed by atoms with Gasteiger partial charge in [0, 0.05) is 5.56 Å². The van der Waals surface area contributed by atoms with Gasteiger partial charge in [0.25, 0.3) is 0 Å². The Balaban J connectivity index is 1.85. The van der Waals surface area contributed by atoms with E-state index in [4.69, 9.17) is 4.99 Å². The van der Waals surface area contributed by atoms with Gasteiger partial charge in [0.1, 0.15) is 5.84 Å². The van der Waals surface area contributed by atoms with Gasteiger partial charge in [-0.05, 0) is 29.5 Å². The zero-order valence-electron chi connectivity index (χ0n) is 17.6. The molecule has 29 heavy (non-hydrogen) atoms. The third-order valence-electron chi connectivity index (χ3n) is 6.59. The quantitative estimate of drug-likeness (QED) is 0.495. The van der Waals surface area contributed by atoms with Gasteiger partial charge >= 0.3 is 0 Å². The molecule has 2 heterocycles. The molecule has 2 heteroatoms. The van der Waals surface area contributed by atoms with Crippen LogP contribution in [-0.2, 0) is 5.41 Å². The smallest absolute Gasteiger partial charge is 0.123 e. The van der Waals surface area contributed by atoms with Crippen molar-refractivity contribution in [1.29, 1.82) is 0 Å². The number of rotatable bonds is 2. The Kier molecular flexibility index (Phi) is 3.96. The molecule has 2 atom stereocenters. The van der Waals surface area contributed by atoms with Gasteiger partial charge in [-0.1, -0.05) is 99.6 Å². The number of hydrogen-bond acceptors (Lipinski definition) is 2. The molecule has 0 aromatic heterocycles. The largest absolute Gasteiger partial charge is 0.347 e. The minimum atomic E-state index is -0.247. The van der Waals surface area contributed by atoms with Crippen LogP contribution < -0.4 is 0 Å². The fourth-order valence-electron chi connectivity index (χ4n) is 5.56. The number of nitrogens with zero attached hydrogens (tertiary/aromatic N) is 2. The Morgan fingerprint density at radius 1 is 0.759 bits per heavy atom. The maximum Gasteiger partial charge on any atom is 0.123 e. The van der Waals surface area contributed by atoms with Gasteiger partial charge in [-0.15, -0.1) is 0 Å². The number of para-hydroxylation sites is 1. The van der Waals surface area contributed by atoms with Crippen molar-refractivity contribution in [2.45, 2.75) is 45.2 Å². The van der Waals surface area contributed by atoms with Crippen molar-refractivity contribution in [2.75, 3.05) is 0 Å². The van der Waals surface area contributed by atoms with Crippen LogP contribution in [-0.4, -0.2) is 16.8 Å². The van der Waals surface area contributed by atoms with E-state index in [1.807, 2.05) is 0 Å². The molecule has 0 amide bonds. The molecule has 1 fully saturated rings. The molecular weight excluding hydrogens is 352 g/mol. The normalized spacial score (nSPS) is 22.2. The summed E-state index contributed by atoms with van der Waals surface area (Å²) in [5, 5.41) is 0. The fourth-order valence-corrected chi connectivity index (χ4v) is 5.56. The predicted molar refractivity (Wildman–Crippen MR) is 121 cm³/mol. The third kappa shape index (κ3) is 2.45. The van der Waals surface area contributed by atoms with E-state index in [0.717, 1.165) is 5.69 Å². The Morgan fingerprint density at radius 3 is 1.83 bits per heavy atom. The lowest BCUT2D eigenvalue weighted by molar-refractivity contribution is 0.0347. The Bertz CT molecular complexity index is 1020. The Hall–Kier alpha value is -2.87. The first-order valence-electron chi connectivity index (χ1n) is 10.5. The minimum absolute atomic E-state index is 0.0746. The summed E-state index contributed by atoms with van der Waals surface area (Å²) in [6.07, 6.45) is 0. The van der Waals surface area contributed by atoms with E-state index in [0.29, 0.717) is 12.1 Å². The monoisotopic (exact) mass is 380 g/mol. The van der Waals surface area contributed by atoms with Crippen molar-refractivity contribution in [2.24, 2.45) is 10.4 Å². The molecule has 1 saturated heterocycles. The van der Waals surface area contributed by atoms with Crippen molar-refractivity contribution in [3.8, 4) is 0 Å². The van der Waals surface area contributed by atoms with Crippen LogP contribution in [0.1, 0.15) is 50.4 Å². The molecule has 5 rings (SSSR count). The predicted octanol–water partition coefficient (Wildman–Crippen LogP) is 6.51. The van der Waals surface area contributed by atoms with Gasteiger partial charge < -0.3 is 4.90 Å². The molecule has 3 aromatic carbocycles. The third-order valence-corrected chi connectivity index (χ3v) is 6.59. The lowest BCUT2D eigenvalue weighted by Gasteiger charge is -2.67. The second kappa shape index (κ2) is 6.32. The van der Waals surface area contributed by atoms with E-state index >= 15 is 0 Å². The van der Waals surface area contributed by atoms with Gasteiger partial charge in [0.05, 0.1) is 23.2 Å². The number of benzene rings is 3. The van der Waals surface area contributed by atoms with Gasteiger partial charge in [-0.2, -0.15) is 0 Å². The van der Waals surface area contributed by atoms with Crippen molar-refractivity contribution in [3.05, 3.63) is 102 Å². The summed E-state index contributed by atoms with van der Waals surface area (Å²) >= 11 is 0. The molecule has 0 N–H and O–H groups in total. The zero-order chi connectivity index (χ0) is 20.2. The van der Waals surface area contributed by atoms with Crippen molar-refractivity contribution < 1.29 is 0 Å². The van der Waals surface area contributed by atoms with E-state index in [1.165, 1.54) is 22.5 Å². The van der Waals surface area contributed by atoms with Crippen LogP contribution in [0.5, 0.6) is 0 Å². The van der Waals surface area contributed by atoms with E-state index in [2.05, 4.69) is 118 Å². The van der Waals surface area contributed by atoms with Crippen LogP contribution in [0.15, 0.2) is 89.9 Å². The minimum Gasteiger partial charge on any atom is -0.347 e. The first-order chi connectivity index (χ1) is 14.0. The summed E-state index contributed by atoms with van der Waals surface area (Å²) in [7, 11) is 0. The Morgan fingerprint density at radius 2 is 1.28 bits per heavy atom. The van der Waals surface area contributed by atoms with Crippen LogP contribution in [0.3, 0.4) is 0 Å². The maximum absolute atomic E-state index is 5.28. The standard InChI is InChI=1S/C27H28N2/c1-19-22-17-11-12-18-23(22)28-25-27(20-13-7-5-8-14-20,21-15-9-6-10-16-21)24(29(19)25)26(2,3)4/h5-19,24H,1-4H3/t19-,24+/m0/s1. The number of aliphatic imine (C=N–C) groups is 1. The molecule has 146 valence electrons. The molecule has 0 saturated carbocycles. The van der Waals surface area contributed by atoms with Crippen LogP contribution >= 0.6 is 0 Å². The first-order valence-corrected chi connectivity index (χ1v) is 10.5.